The first-order valence-electron chi connectivity index (χ1n) is 11.6. The summed E-state index contributed by atoms with van der Waals surface area (Å²) in [7, 11) is 0. The quantitative estimate of drug-likeness (QED) is 0.524. The minimum Gasteiger partial charge on any atom is -0.372 e. The Morgan fingerprint density at radius 3 is 2.36 bits per heavy atom. The highest BCUT2D eigenvalue weighted by Gasteiger charge is 2.57. The normalized spacial score (nSPS) is 23.7. The van der Waals surface area contributed by atoms with Crippen molar-refractivity contribution >= 4 is 40.7 Å². The molecular formula is C25H26Cl2F3N3O3. The summed E-state index contributed by atoms with van der Waals surface area (Å²) in [5.41, 5.74) is -0.257. The summed E-state index contributed by atoms with van der Waals surface area (Å²) in [6.07, 6.45) is -3.49. The molecule has 0 bridgehead atoms. The zero-order valence-electron chi connectivity index (χ0n) is 19.7. The number of alkyl halides is 3. The van der Waals surface area contributed by atoms with E-state index in [4.69, 9.17) is 28.9 Å². The number of primary amides is 1. The van der Waals surface area contributed by atoms with Crippen LogP contribution in [0, 0.1) is 5.92 Å². The smallest absolute Gasteiger partial charge is 0.372 e. The third kappa shape index (κ3) is 4.36. The molecule has 194 valence electrons. The summed E-state index contributed by atoms with van der Waals surface area (Å²) in [5, 5.41) is 11.8. The van der Waals surface area contributed by atoms with Gasteiger partial charge in [0.2, 0.25) is 5.91 Å². The van der Waals surface area contributed by atoms with Gasteiger partial charge in [0.15, 0.2) is 5.60 Å². The summed E-state index contributed by atoms with van der Waals surface area (Å²) in [4.78, 5) is 29.1. The van der Waals surface area contributed by atoms with Crippen molar-refractivity contribution in [3.63, 3.8) is 0 Å². The number of hydrogen-bond donors (Lipinski definition) is 2. The molecule has 1 aliphatic carbocycles. The van der Waals surface area contributed by atoms with Gasteiger partial charge in [-0.15, -0.1) is 0 Å². The van der Waals surface area contributed by atoms with E-state index in [0.29, 0.717) is 12.1 Å². The number of carbonyl (C=O) groups excluding carboxylic acids is 2. The van der Waals surface area contributed by atoms with E-state index in [-0.39, 0.29) is 33.8 Å². The molecule has 4 rings (SSSR count). The Kier molecular flexibility index (Phi) is 7.07. The molecule has 0 saturated heterocycles. The number of rotatable bonds is 7. The van der Waals surface area contributed by atoms with Crippen molar-refractivity contribution in [3.8, 4) is 0 Å². The van der Waals surface area contributed by atoms with Gasteiger partial charge in [0.05, 0.1) is 11.3 Å². The van der Waals surface area contributed by atoms with E-state index in [1.54, 1.807) is 0 Å². The van der Waals surface area contributed by atoms with Gasteiger partial charge in [-0.25, -0.2) is 0 Å². The molecule has 1 heterocycles. The van der Waals surface area contributed by atoms with Crippen LogP contribution in [-0.4, -0.2) is 47.5 Å². The number of aliphatic hydroxyl groups is 1. The largest absolute Gasteiger partial charge is 0.416 e. The molecule has 2 aromatic rings. The summed E-state index contributed by atoms with van der Waals surface area (Å²) >= 11 is 12.2. The molecule has 6 nitrogen and oxygen atoms in total. The Labute approximate surface area is 216 Å². The average molecular weight is 544 g/mol. The summed E-state index contributed by atoms with van der Waals surface area (Å²) < 4.78 is 42.8. The van der Waals surface area contributed by atoms with Crippen molar-refractivity contribution in [2.24, 2.45) is 11.7 Å². The molecule has 11 heteroatoms. The van der Waals surface area contributed by atoms with Crippen molar-refractivity contribution < 1.29 is 27.9 Å². The SMILES string of the molecule is CCN(CC)[C@H]1C[C@@H](CN2C(=O)C(O)(c3ccc(Cl)cc3Cl)c3c2cc(C(N)=O)cc3C(F)(F)F)C1. The van der Waals surface area contributed by atoms with Gasteiger partial charge in [-0.05, 0) is 56.1 Å². The maximum atomic E-state index is 14.3. The van der Waals surface area contributed by atoms with Crippen LogP contribution in [-0.2, 0) is 16.6 Å². The van der Waals surface area contributed by atoms with Crippen molar-refractivity contribution in [1.82, 2.24) is 4.90 Å². The molecule has 0 aromatic heterocycles. The maximum absolute atomic E-state index is 14.3. The van der Waals surface area contributed by atoms with Crippen molar-refractivity contribution in [3.05, 3.63) is 62.6 Å². The number of anilines is 1. The molecule has 1 saturated carbocycles. The predicted octanol–water partition coefficient (Wildman–Crippen LogP) is 4.81. The van der Waals surface area contributed by atoms with Crippen LogP contribution in [0.3, 0.4) is 0 Å². The van der Waals surface area contributed by atoms with Crippen LogP contribution >= 0.6 is 23.2 Å². The Balaban J connectivity index is 1.86. The lowest BCUT2D eigenvalue weighted by Crippen LogP contribution is -2.50. The number of nitrogens with two attached hydrogens (primary N) is 1. The molecule has 1 unspecified atom stereocenters. The first-order valence-corrected chi connectivity index (χ1v) is 12.4. The molecular weight excluding hydrogens is 518 g/mol. The number of halogens is 5. The molecule has 2 aliphatic rings. The molecule has 1 atom stereocenters. The van der Waals surface area contributed by atoms with Crippen molar-refractivity contribution in [1.29, 1.82) is 0 Å². The van der Waals surface area contributed by atoms with Gasteiger partial charge in [0, 0.05) is 39.3 Å². The summed E-state index contributed by atoms with van der Waals surface area (Å²) in [6, 6.07) is 5.83. The fourth-order valence-corrected chi connectivity index (χ4v) is 5.90. The number of benzene rings is 2. The number of carbonyl (C=O) groups is 2. The lowest BCUT2D eigenvalue weighted by Gasteiger charge is -2.43. The van der Waals surface area contributed by atoms with Crippen LogP contribution in [0.4, 0.5) is 18.9 Å². The van der Waals surface area contributed by atoms with E-state index in [1.165, 1.54) is 18.2 Å². The lowest BCUT2D eigenvalue weighted by molar-refractivity contribution is -0.142. The van der Waals surface area contributed by atoms with Gasteiger partial charge in [-0.3, -0.25) is 9.59 Å². The predicted molar refractivity (Wildman–Crippen MR) is 131 cm³/mol. The molecule has 0 spiro atoms. The first kappa shape index (κ1) is 26.7. The molecule has 2 aromatic carbocycles. The van der Waals surface area contributed by atoms with Gasteiger partial charge in [-0.2, -0.15) is 13.2 Å². The fraction of sp³-hybridized carbons (Fsp3) is 0.440. The number of fused-ring (bicyclic) bond motifs is 1. The number of amides is 2. The maximum Gasteiger partial charge on any atom is 0.416 e. The lowest BCUT2D eigenvalue weighted by atomic mass is 9.78. The topological polar surface area (TPSA) is 86.9 Å². The molecule has 1 fully saturated rings. The van der Waals surface area contributed by atoms with E-state index in [2.05, 4.69) is 18.7 Å². The van der Waals surface area contributed by atoms with E-state index in [1.807, 2.05) is 0 Å². The highest BCUT2D eigenvalue weighted by atomic mass is 35.5. The third-order valence-electron chi connectivity index (χ3n) is 7.22. The Morgan fingerprint density at radius 1 is 1.19 bits per heavy atom. The van der Waals surface area contributed by atoms with E-state index in [9.17, 15) is 27.9 Å². The average Bonchev–Trinajstić information content (AvgIpc) is 2.98. The fourth-order valence-electron chi connectivity index (χ4n) is 5.36. The molecule has 0 radical (unpaired) electrons. The van der Waals surface area contributed by atoms with Gasteiger partial charge < -0.3 is 20.6 Å². The van der Waals surface area contributed by atoms with E-state index >= 15 is 0 Å². The Morgan fingerprint density at radius 2 is 1.83 bits per heavy atom. The van der Waals surface area contributed by atoms with Crippen molar-refractivity contribution in [2.75, 3.05) is 24.5 Å². The second-order valence-electron chi connectivity index (χ2n) is 9.24. The molecule has 1 aliphatic heterocycles. The van der Waals surface area contributed by atoms with Crippen LogP contribution in [0.5, 0.6) is 0 Å². The molecule has 36 heavy (non-hydrogen) atoms. The van der Waals surface area contributed by atoms with E-state index < -0.39 is 40.3 Å². The van der Waals surface area contributed by atoms with Crippen LogP contribution in [0.2, 0.25) is 10.0 Å². The summed E-state index contributed by atoms with van der Waals surface area (Å²) in [6.45, 7) is 5.92. The first-order chi connectivity index (χ1) is 16.8. The van der Waals surface area contributed by atoms with Crippen LogP contribution < -0.4 is 10.6 Å². The molecule has 3 N–H and O–H groups in total. The van der Waals surface area contributed by atoms with E-state index in [0.717, 1.165) is 36.9 Å². The van der Waals surface area contributed by atoms with Gasteiger partial charge in [0.25, 0.3) is 5.91 Å². The van der Waals surface area contributed by atoms with Crippen molar-refractivity contribution in [2.45, 2.75) is 44.5 Å². The van der Waals surface area contributed by atoms with Crippen LogP contribution in [0.1, 0.15) is 53.7 Å². The standard InChI is InChI=1S/C25H26Cl2F3N3O3/c1-3-32(4-2)16-7-13(8-16)12-33-20-10-14(22(31)34)9-18(25(28,29)30)21(20)24(36,23(33)35)17-6-5-15(26)11-19(17)27/h5-6,9-11,13,16,36H,3-4,7-8,12H2,1-2H3,(H2,31,34)/t13-,16+,24?. The van der Waals surface area contributed by atoms with Gasteiger partial charge in [0.1, 0.15) is 0 Å². The van der Waals surface area contributed by atoms with Gasteiger partial charge >= 0.3 is 6.18 Å². The number of hydrogen-bond acceptors (Lipinski definition) is 4. The minimum absolute atomic E-state index is 0.00186. The van der Waals surface area contributed by atoms with Crippen LogP contribution in [0.15, 0.2) is 30.3 Å². The minimum atomic E-state index is -5.00. The highest BCUT2D eigenvalue weighted by Crippen LogP contribution is 2.52. The summed E-state index contributed by atoms with van der Waals surface area (Å²) in [5.74, 6) is -2.05. The second-order valence-corrected chi connectivity index (χ2v) is 10.1. The monoisotopic (exact) mass is 543 g/mol. The Hall–Kier alpha value is -2.33. The Bertz CT molecular complexity index is 1210. The third-order valence-corrected chi connectivity index (χ3v) is 7.76. The van der Waals surface area contributed by atoms with Crippen LogP contribution in [0.25, 0.3) is 0 Å². The molecule has 2 amide bonds. The zero-order chi connectivity index (χ0) is 26.6. The van der Waals surface area contributed by atoms with Gasteiger partial charge in [-0.1, -0.05) is 43.1 Å². The number of nitrogens with zero attached hydrogens (tertiary/aromatic N) is 2. The second kappa shape index (κ2) is 9.52. The zero-order valence-corrected chi connectivity index (χ0v) is 21.2. The highest BCUT2D eigenvalue weighted by molar-refractivity contribution is 6.35.